The number of rotatable bonds is 7. The molecular weight excluding hydrogens is 344 g/mol. The second-order valence-electron chi connectivity index (χ2n) is 6.68. The lowest BCUT2D eigenvalue weighted by Gasteiger charge is -2.14. The fourth-order valence-corrected chi connectivity index (χ4v) is 3.40. The van der Waals surface area contributed by atoms with Crippen LogP contribution in [0.4, 0.5) is 0 Å². The molecule has 0 fully saturated rings. The van der Waals surface area contributed by atoms with Gasteiger partial charge in [-0.1, -0.05) is 6.07 Å². The van der Waals surface area contributed by atoms with Crippen LogP contribution in [0.5, 0.6) is 11.5 Å². The van der Waals surface area contributed by atoms with Crippen molar-refractivity contribution in [2.75, 3.05) is 14.2 Å². The third-order valence-corrected chi connectivity index (χ3v) is 4.81. The molecule has 6 heteroatoms. The minimum absolute atomic E-state index is 0.0909. The molecule has 1 aliphatic rings. The molecule has 0 unspecified atom stereocenters. The first-order valence-electron chi connectivity index (χ1n) is 9.01. The lowest BCUT2D eigenvalue weighted by molar-refractivity contribution is -0.120. The number of carbonyl (C=O) groups excluding carboxylic acids is 2. The Bertz CT molecular complexity index is 877. The minimum Gasteiger partial charge on any atom is -0.493 e. The van der Waals surface area contributed by atoms with Gasteiger partial charge in [0, 0.05) is 24.0 Å². The molecule has 3 rings (SSSR count). The molecule has 6 nitrogen and oxygen atoms in total. The van der Waals surface area contributed by atoms with Crippen LogP contribution in [0.25, 0.3) is 0 Å². The Labute approximate surface area is 158 Å². The van der Waals surface area contributed by atoms with Crippen molar-refractivity contribution in [2.45, 2.75) is 39.2 Å². The Balaban J connectivity index is 1.70. The lowest BCUT2D eigenvalue weighted by atomic mass is 10.00. The third kappa shape index (κ3) is 4.27. The zero-order valence-electron chi connectivity index (χ0n) is 15.9. The summed E-state index contributed by atoms with van der Waals surface area (Å²) >= 11 is 0. The van der Waals surface area contributed by atoms with Gasteiger partial charge in [-0.2, -0.15) is 0 Å². The summed E-state index contributed by atoms with van der Waals surface area (Å²) in [5, 5.41) is 2.91. The van der Waals surface area contributed by atoms with Crippen LogP contribution >= 0.6 is 0 Å². The van der Waals surface area contributed by atoms with Gasteiger partial charge in [0.15, 0.2) is 17.3 Å². The molecule has 0 bridgehead atoms. The molecule has 0 spiro atoms. The molecule has 1 aromatic carbocycles. The first kappa shape index (κ1) is 18.9. The first-order chi connectivity index (χ1) is 13.0. The molecular formula is C21H24N2O4. The van der Waals surface area contributed by atoms with E-state index in [9.17, 15) is 9.59 Å². The van der Waals surface area contributed by atoms with Crippen molar-refractivity contribution in [3.05, 3.63) is 52.3 Å². The number of aromatic nitrogens is 1. The number of ether oxygens (including phenoxy) is 2. The lowest BCUT2D eigenvalue weighted by Crippen LogP contribution is -2.25. The van der Waals surface area contributed by atoms with Crippen LogP contribution in [-0.2, 0) is 30.6 Å². The molecule has 1 aliphatic carbocycles. The van der Waals surface area contributed by atoms with Gasteiger partial charge in [0.05, 0.1) is 20.6 Å². The Kier molecular flexibility index (Phi) is 5.74. The minimum atomic E-state index is -0.162. The van der Waals surface area contributed by atoms with Crippen LogP contribution in [0.2, 0.25) is 0 Å². The topological polar surface area (TPSA) is 77.5 Å². The monoisotopic (exact) mass is 368 g/mol. The Morgan fingerprint density at radius 1 is 1.11 bits per heavy atom. The highest BCUT2D eigenvalue weighted by atomic mass is 16.5. The largest absolute Gasteiger partial charge is 0.493 e. The average Bonchev–Trinajstić information content (AvgIpc) is 3.13. The molecule has 0 atom stereocenters. The summed E-state index contributed by atoms with van der Waals surface area (Å²) in [6.45, 7) is 1.89. The quantitative estimate of drug-likeness (QED) is 0.760. The second-order valence-corrected chi connectivity index (χ2v) is 6.68. The number of methoxy groups -OCH3 is 2. The molecule has 1 N–H and O–H groups in total. The molecule has 27 heavy (non-hydrogen) atoms. The van der Waals surface area contributed by atoms with E-state index in [2.05, 4.69) is 16.4 Å². The number of nitrogens with zero attached hydrogens (tertiary/aromatic N) is 1. The maximum absolute atomic E-state index is 12.4. The van der Waals surface area contributed by atoms with Gasteiger partial charge in [-0.3, -0.25) is 14.6 Å². The van der Waals surface area contributed by atoms with Crippen molar-refractivity contribution in [1.29, 1.82) is 0 Å². The summed E-state index contributed by atoms with van der Waals surface area (Å²) in [6.07, 6.45) is 5.15. The molecule has 1 aromatic heterocycles. The van der Waals surface area contributed by atoms with Crippen LogP contribution in [-0.4, -0.2) is 30.9 Å². The van der Waals surface area contributed by atoms with Crippen LogP contribution < -0.4 is 14.8 Å². The van der Waals surface area contributed by atoms with Gasteiger partial charge in [0.2, 0.25) is 5.91 Å². The summed E-state index contributed by atoms with van der Waals surface area (Å²) in [4.78, 5) is 28.9. The highest BCUT2D eigenvalue weighted by molar-refractivity contribution is 5.97. The van der Waals surface area contributed by atoms with Crippen LogP contribution in [0.3, 0.4) is 0 Å². The van der Waals surface area contributed by atoms with Gasteiger partial charge in [-0.25, -0.2) is 0 Å². The van der Waals surface area contributed by atoms with Crippen molar-refractivity contribution in [3.8, 4) is 11.5 Å². The molecule has 1 heterocycles. The van der Waals surface area contributed by atoms with Crippen molar-refractivity contribution in [2.24, 2.45) is 0 Å². The summed E-state index contributed by atoms with van der Waals surface area (Å²) in [5.41, 5.74) is 4.51. The molecule has 0 aliphatic heterocycles. The number of hydrogen-bond acceptors (Lipinski definition) is 5. The molecule has 1 amide bonds. The van der Waals surface area contributed by atoms with E-state index in [4.69, 9.17) is 9.47 Å². The Morgan fingerprint density at radius 2 is 1.85 bits per heavy atom. The molecule has 2 aromatic rings. The highest BCUT2D eigenvalue weighted by Crippen LogP contribution is 2.31. The van der Waals surface area contributed by atoms with E-state index in [1.165, 1.54) is 32.4 Å². The summed E-state index contributed by atoms with van der Waals surface area (Å²) in [6, 6.07) is 5.42. The van der Waals surface area contributed by atoms with E-state index in [0.717, 1.165) is 24.8 Å². The fraction of sp³-hybridized carbons (Fsp3) is 0.381. The number of carbonyl (C=O) groups is 2. The van der Waals surface area contributed by atoms with Gasteiger partial charge in [0.1, 0.15) is 0 Å². The number of aryl methyl sites for hydroxylation is 2. The van der Waals surface area contributed by atoms with E-state index in [1.54, 1.807) is 12.1 Å². The van der Waals surface area contributed by atoms with Crippen LogP contribution in [0, 0.1) is 0 Å². The van der Waals surface area contributed by atoms with Crippen molar-refractivity contribution < 1.29 is 19.1 Å². The summed E-state index contributed by atoms with van der Waals surface area (Å²) in [7, 11) is 3.04. The van der Waals surface area contributed by atoms with E-state index >= 15 is 0 Å². The predicted molar refractivity (Wildman–Crippen MR) is 101 cm³/mol. The normalized spacial score (nSPS) is 12.4. The zero-order valence-corrected chi connectivity index (χ0v) is 15.9. The number of nitrogens with one attached hydrogen (secondary N) is 1. The van der Waals surface area contributed by atoms with Crippen molar-refractivity contribution >= 4 is 11.7 Å². The second kappa shape index (κ2) is 8.20. The number of hydrogen-bond donors (Lipinski definition) is 1. The zero-order chi connectivity index (χ0) is 19.4. The smallest absolute Gasteiger partial charge is 0.224 e. The predicted octanol–water partition coefficient (Wildman–Crippen LogP) is 2.65. The first-order valence-corrected chi connectivity index (χ1v) is 9.01. The molecule has 0 saturated heterocycles. The van der Waals surface area contributed by atoms with E-state index in [-0.39, 0.29) is 18.1 Å². The van der Waals surface area contributed by atoms with Gasteiger partial charge in [-0.15, -0.1) is 0 Å². The SMILES string of the molecule is COc1cc(CC(=O)NCc2cnc3c(c2)CCC3)c(C(C)=O)cc1OC. The summed E-state index contributed by atoms with van der Waals surface area (Å²) < 4.78 is 10.5. The van der Waals surface area contributed by atoms with Crippen molar-refractivity contribution in [3.63, 3.8) is 0 Å². The number of pyridine rings is 1. The van der Waals surface area contributed by atoms with Gasteiger partial charge in [-0.05, 0) is 55.0 Å². The molecule has 142 valence electrons. The molecule has 0 radical (unpaired) electrons. The number of benzene rings is 1. The number of fused-ring (bicyclic) bond motifs is 1. The fourth-order valence-electron chi connectivity index (χ4n) is 3.40. The third-order valence-electron chi connectivity index (χ3n) is 4.81. The van der Waals surface area contributed by atoms with Crippen LogP contribution in [0.1, 0.15) is 46.1 Å². The molecule has 0 saturated carbocycles. The standard InChI is InChI=1S/C21H24N2O4/c1-13(24)17-10-20(27-3)19(26-2)8-16(17)9-21(25)23-12-14-7-15-5-4-6-18(15)22-11-14/h7-8,10-11H,4-6,9,12H2,1-3H3,(H,23,25). The number of ketones is 1. The van der Waals surface area contributed by atoms with E-state index < -0.39 is 0 Å². The maximum Gasteiger partial charge on any atom is 0.224 e. The van der Waals surface area contributed by atoms with Crippen molar-refractivity contribution in [1.82, 2.24) is 10.3 Å². The average molecular weight is 368 g/mol. The number of Topliss-reactive ketones (excluding diaryl/α,β-unsaturated/α-hetero) is 1. The Hall–Kier alpha value is -2.89. The van der Waals surface area contributed by atoms with E-state index in [1.807, 2.05) is 6.20 Å². The van der Waals surface area contributed by atoms with Crippen LogP contribution in [0.15, 0.2) is 24.4 Å². The number of amides is 1. The van der Waals surface area contributed by atoms with E-state index in [0.29, 0.717) is 29.2 Å². The van der Waals surface area contributed by atoms with Gasteiger partial charge < -0.3 is 14.8 Å². The van der Waals surface area contributed by atoms with Gasteiger partial charge >= 0.3 is 0 Å². The summed E-state index contributed by atoms with van der Waals surface area (Å²) in [5.74, 6) is 0.677. The van der Waals surface area contributed by atoms with Gasteiger partial charge in [0.25, 0.3) is 0 Å². The highest BCUT2D eigenvalue weighted by Gasteiger charge is 2.17. The maximum atomic E-state index is 12.4. The Morgan fingerprint density at radius 3 is 2.56 bits per heavy atom.